The van der Waals surface area contributed by atoms with Crippen LogP contribution in [-0.2, 0) is 19.1 Å². The summed E-state index contributed by atoms with van der Waals surface area (Å²) in [5.74, 6) is -4.14. The molecule has 0 aromatic heterocycles. The molecule has 1 aliphatic carbocycles. The molecule has 9 heteroatoms. The predicted octanol–water partition coefficient (Wildman–Crippen LogP) is 2.68. The fourth-order valence-corrected chi connectivity index (χ4v) is 3.96. The molecule has 0 radical (unpaired) electrons. The molecule has 0 bridgehead atoms. The van der Waals surface area contributed by atoms with Crippen LogP contribution in [-0.4, -0.2) is 47.6 Å². The summed E-state index contributed by atoms with van der Waals surface area (Å²) in [6.45, 7) is 4.32. The van der Waals surface area contributed by atoms with Crippen LogP contribution < -0.4 is 5.32 Å². The zero-order valence-corrected chi connectivity index (χ0v) is 15.9. The number of esters is 1. The van der Waals surface area contributed by atoms with Crippen LogP contribution in [0, 0.1) is 5.92 Å². The number of nitrogens with zero attached hydrogens (tertiary/aromatic N) is 1. The molecule has 1 saturated carbocycles. The molecular weight excluding hydrogens is 365 g/mol. The molecule has 0 aromatic rings. The maximum Gasteiger partial charge on any atom is 0.425 e. The summed E-state index contributed by atoms with van der Waals surface area (Å²) < 4.78 is 47.3. The third kappa shape index (κ3) is 3.43. The molecule has 1 fully saturated rings. The van der Waals surface area contributed by atoms with Gasteiger partial charge in [0.15, 0.2) is 0 Å². The lowest BCUT2D eigenvalue weighted by atomic mass is 9.85. The van der Waals surface area contributed by atoms with Crippen molar-refractivity contribution in [2.24, 2.45) is 5.92 Å². The standard InChI is InChI=1S/C18H25F3N2O4/c1-10(2)23-11(3)13(15(25)27-4)17(16(23)26,18(19,20)21)22-14(24)12-8-6-5-7-9-12/h10,12H,5-9H2,1-4H3,(H,22,24)/t17-/m0/s1. The molecule has 0 spiro atoms. The molecule has 1 N–H and O–H groups in total. The second kappa shape index (κ2) is 7.52. The Morgan fingerprint density at radius 3 is 2.22 bits per heavy atom. The van der Waals surface area contributed by atoms with Gasteiger partial charge in [-0.05, 0) is 33.6 Å². The molecular formula is C18H25F3N2O4. The van der Waals surface area contributed by atoms with E-state index in [0.717, 1.165) is 31.3 Å². The number of rotatable bonds is 4. The number of nitrogens with one attached hydrogen (secondary N) is 1. The van der Waals surface area contributed by atoms with Crippen molar-refractivity contribution in [2.45, 2.75) is 70.6 Å². The van der Waals surface area contributed by atoms with Crippen LogP contribution in [0.1, 0.15) is 52.9 Å². The lowest BCUT2D eigenvalue weighted by molar-refractivity contribution is -0.197. The normalized spacial score (nSPS) is 24.6. The molecule has 2 aliphatic rings. The molecule has 1 atom stereocenters. The first-order chi connectivity index (χ1) is 12.5. The molecule has 1 aliphatic heterocycles. The number of hydrogen-bond donors (Lipinski definition) is 1. The maximum absolute atomic E-state index is 14.2. The van der Waals surface area contributed by atoms with Crippen molar-refractivity contribution < 1.29 is 32.3 Å². The van der Waals surface area contributed by atoms with E-state index in [4.69, 9.17) is 0 Å². The number of carbonyl (C=O) groups excluding carboxylic acids is 3. The highest BCUT2D eigenvalue weighted by molar-refractivity contribution is 6.10. The molecule has 2 amide bonds. The van der Waals surface area contributed by atoms with Gasteiger partial charge in [0, 0.05) is 17.7 Å². The van der Waals surface area contributed by atoms with Crippen molar-refractivity contribution in [1.82, 2.24) is 10.2 Å². The number of alkyl halides is 3. The zero-order valence-electron chi connectivity index (χ0n) is 15.9. The number of halogens is 3. The molecule has 0 saturated heterocycles. The number of methoxy groups -OCH3 is 1. The van der Waals surface area contributed by atoms with E-state index in [1.807, 2.05) is 5.32 Å². The molecule has 27 heavy (non-hydrogen) atoms. The van der Waals surface area contributed by atoms with Gasteiger partial charge in [0.1, 0.15) is 5.57 Å². The van der Waals surface area contributed by atoms with E-state index in [1.165, 1.54) is 20.8 Å². The zero-order chi connectivity index (χ0) is 20.6. The van der Waals surface area contributed by atoms with Gasteiger partial charge in [0.2, 0.25) is 11.4 Å². The summed E-state index contributed by atoms with van der Waals surface area (Å²) in [4.78, 5) is 38.7. The first-order valence-electron chi connectivity index (χ1n) is 9.01. The number of carbonyl (C=O) groups is 3. The van der Waals surface area contributed by atoms with Crippen molar-refractivity contribution in [2.75, 3.05) is 7.11 Å². The van der Waals surface area contributed by atoms with E-state index in [2.05, 4.69) is 4.74 Å². The summed E-state index contributed by atoms with van der Waals surface area (Å²) in [5.41, 5.74) is -4.47. The van der Waals surface area contributed by atoms with Crippen molar-refractivity contribution in [3.8, 4) is 0 Å². The Labute approximate surface area is 156 Å². The Bertz CT molecular complexity index is 666. The number of allylic oxidation sites excluding steroid dienone is 1. The van der Waals surface area contributed by atoms with Gasteiger partial charge >= 0.3 is 12.1 Å². The highest BCUT2D eigenvalue weighted by Gasteiger charge is 2.71. The quantitative estimate of drug-likeness (QED) is 0.749. The summed E-state index contributed by atoms with van der Waals surface area (Å²) in [7, 11) is 0.940. The number of amides is 2. The van der Waals surface area contributed by atoms with Crippen molar-refractivity contribution in [3.63, 3.8) is 0 Å². The minimum atomic E-state index is -5.21. The highest BCUT2D eigenvalue weighted by atomic mass is 19.4. The maximum atomic E-state index is 14.2. The van der Waals surface area contributed by atoms with Gasteiger partial charge in [-0.1, -0.05) is 19.3 Å². The van der Waals surface area contributed by atoms with Crippen LogP contribution in [0.25, 0.3) is 0 Å². The Hall–Kier alpha value is -2.06. The van der Waals surface area contributed by atoms with Gasteiger partial charge in [0.25, 0.3) is 5.91 Å². The van der Waals surface area contributed by atoms with Crippen molar-refractivity contribution in [3.05, 3.63) is 11.3 Å². The molecule has 1 heterocycles. The minimum absolute atomic E-state index is 0.164. The van der Waals surface area contributed by atoms with Crippen LogP contribution in [0.4, 0.5) is 13.2 Å². The van der Waals surface area contributed by atoms with E-state index >= 15 is 0 Å². The minimum Gasteiger partial charge on any atom is -0.466 e. The topological polar surface area (TPSA) is 75.7 Å². The van der Waals surface area contributed by atoms with E-state index < -0.39 is 47.0 Å². The highest BCUT2D eigenvalue weighted by Crippen LogP contribution is 2.46. The summed E-state index contributed by atoms with van der Waals surface area (Å²) in [6.07, 6.45) is -1.90. The first-order valence-corrected chi connectivity index (χ1v) is 9.01. The van der Waals surface area contributed by atoms with E-state index in [-0.39, 0.29) is 5.70 Å². The fraction of sp³-hybridized carbons (Fsp3) is 0.722. The van der Waals surface area contributed by atoms with Crippen LogP contribution in [0.3, 0.4) is 0 Å². The van der Waals surface area contributed by atoms with E-state index in [1.54, 1.807) is 0 Å². The van der Waals surface area contributed by atoms with Crippen LogP contribution in [0.15, 0.2) is 11.3 Å². The average Bonchev–Trinajstić information content (AvgIpc) is 2.82. The first kappa shape index (κ1) is 21.2. The summed E-state index contributed by atoms with van der Waals surface area (Å²) >= 11 is 0. The molecule has 0 aromatic carbocycles. The Balaban J connectivity index is 2.58. The molecule has 2 rings (SSSR count). The molecule has 152 valence electrons. The van der Waals surface area contributed by atoms with Gasteiger partial charge in [-0.25, -0.2) is 4.79 Å². The van der Waals surface area contributed by atoms with Gasteiger partial charge in [-0.2, -0.15) is 13.2 Å². The van der Waals surface area contributed by atoms with Gasteiger partial charge in [0.05, 0.1) is 7.11 Å². The van der Waals surface area contributed by atoms with Crippen molar-refractivity contribution >= 4 is 17.8 Å². The molecule has 0 unspecified atom stereocenters. The van der Waals surface area contributed by atoms with Gasteiger partial charge in [-0.3, -0.25) is 9.59 Å². The lowest BCUT2D eigenvalue weighted by Gasteiger charge is -2.35. The second-order valence-electron chi connectivity index (χ2n) is 7.29. The Kier molecular flexibility index (Phi) is 5.91. The smallest absolute Gasteiger partial charge is 0.425 e. The van der Waals surface area contributed by atoms with Gasteiger partial charge in [-0.15, -0.1) is 0 Å². The lowest BCUT2D eigenvalue weighted by Crippen LogP contribution is -2.67. The van der Waals surface area contributed by atoms with Gasteiger partial charge < -0.3 is 15.0 Å². The fourth-order valence-electron chi connectivity index (χ4n) is 3.96. The van der Waals surface area contributed by atoms with Crippen LogP contribution in [0.5, 0.6) is 0 Å². The summed E-state index contributed by atoms with van der Waals surface area (Å²) in [5, 5.41) is 1.92. The molecule has 6 nitrogen and oxygen atoms in total. The second-order valence-corrected chi connectivity index (χ2v) is 7.29. The Morgan fingerprint density at radius 2 is 1.78 bits per heavy atom. The monoisotopic (exact) mass is 390 g/mol. The largest absolute Gasteiger partial charge is 0.466 e. The van der Waals surface area contributed by atoms with Crippen molar-refractivity contribution in [1.29, 1.82) is 0 Å². The third-order valence-electron chi connectivity index (χ3n) is 5.26. The number of hydrogen-bond acceptors (Lipinski definition) is 4. The van der Waals surface area contributed by atoms with E-state index in [9.17, 15) is 27.6 Å². The average molecular weight is 390 g/mol. The summed E-state index contributed by atoms with van der Waals surface area (Å²) in [6, 6.07) is -0.632. The predicted molar refractivity (Wildman–Crippen MR) is 90.2 cm³/mol. The number of ether oxygens (including phenoxy) is 1. The van der Waals surface area contributed by atoms with E-state index in [0.29, 0.717) is 12.8 Å². The van der Waals surface area contributed by atoms with Crippen LogP contribution in [0.2, 0.25) is 0 Å². The van der Waals surface area contributed by atoms with Crippen LogP contribution >= 0.6 is 0 Å². The third-order valence-corrected chi connectivity index (χ3v) is 5.26. The Morgan fingerprint density at radius 1 is 1.22 bits per heavy atom. The SMILES string of the molecule is COC(=O)C1=C(C)N(C(C)C)C(=O)[C@]1(NC(=O)C1CCCCC1)C(F)(F)F.